The molecular weight excluding hydrogens is 294 g/mol. The van der Waals surface area contributed by atoms with Gasteiger partial charge in [-0.05, 0) is 31.0 Å². The third kappa shape index (κ3) is 6.08. The first-order valence-electron chi connectivity index (χ1n) is 8.27. The van der Waals surface area contributed by atoms with E-state index in [1.807, 2.05) is 25.1 Å². The van der Waals surface area contributed by atoms with Gasteiger partial charge in [-0.15, -0.1) is 0 Å². The second-order valence-corrected chi connectivity index (χ2v) is 5.61. The minimum absolute atomic E-state index is 0.0747. The summed E-state index contributed by atoms with van der Waals surface area (Å²) < 4.78 is 10.7. The molecular formula is C17H27N3O3. The van der Waals surface area contributed by atoms with E-state index in [4.69, 9.17) is 15.2 Å². The number of nitrogen functional groups attached to an aromatic ring is 1. The van der Waals surface area contributed by atoms with E-state index in [1.54, 1.807) is 0 Å². The van der Waals surface area contributed by atoms with E-state index in [2.05, 4.69) is 10.2 Å². The highest BCUT2D eigenvalue weighted by Crippen LogP contribution is 2.23. The summed E-state index contributed by atoms with van der Waals surface area (Å²) in [6.45, 7) is 7.54. The molecule has 0 saturated carbocycles. The van der Waals surface area contributed by atoms with Gasteiger partial charge < -0.3 is 20.5 Å². The molecule has 1 saturated heterocycles. The lowest BCUT2D eigenvalue weighted by Crippen LogP contribution is -2.41. The Labute approximate surface area is 137 Å². The normalized spacial score (nSPS) is 15.3. The minimum atomic E-state index is 0.0747. The van der Waals surface area contributed by atoms with Crippen LogP contribution in [0.5, 0.6) is 5.75 Å². The van der Waals surface area contributed by atoms with Gasteiger partial charge in [-0.2, -0.15) is 0 Å². The molecule has 128 valence electrons. The maximum absolute atomic E-state index is 11.9. The van der Waals surface area contributed by atoms with E-state index < -0.39 is 0 Å². The highest BCUT2D eigenvalue weighted by molar-refractivity contribution is 5.76. The van der Waals surface area contributed by atoms with Gasteiger partial charge in [0.25, 0.3) is 0 Å². The number of carbonyl (C=O) groups is 1. The van der Waals surface area contributed by atoms with Crippen LogP contribution in [0.1, 0.15) is 18.9 Å². The number of carbonyl (C=O) groups excluding carboxylic acids is 1. The molecule has 0 radical (unpaired) electrons. The molecule has 23 heavy (non-hydrogen) atoms. The molecule has 6 nitrogen and oxygen atoms in total. The Morgan fingerprint density at radius 3 is 2.87 bits per heavy atom. The number of benzene rings is 1. The van der Waals surface area contributed by atoms with Gasteiger partial charge in [0.1, 0.15) is 5.75 Å². The quantitative estimate of drug-likeness (QED) is 0.700. The Balaban J connectivity index is 1.66. The van der Waals surface area contributed by atoms with Crippen LogP contribution < -0.4 is 15.8 Å². The molecule has 0 atom stereocenters. The average molecular weight is 321 g/mol. The predicted molar refractivity (Wildman–Crippen MR) is 90.6 cm³/mol. The van der Waals surface area contributed by atoms with Crippen molar-refractivity contribution in [3.63, 3.8) is 0 Å². The molecule has 1 aliphatic rings. The van der Waals surface area contributed by atoms with Crippen molar-refractivity contribution in [2.45, 2.75) is 19.8 Å². The SMILES string of the molecule is CCOc1ccc(CCC(=O)NCCN2CCOCC2)cc1N. The highest BCUT2D eigenvalue weighted by atomic mass is 16.5. The van der Waals surface area contributed by atoms with Gasteiger partial charge in [-0.25, -0.2) is 0 Å². The van der Waals surface area contributed by atoms with Crippen molar-refractivity contribution in [2.75, 3.05) is 51.7 Å². The monoisotopic (exact) mass is 321 g/mol. The number of morpholine rings is 1. The fraction of sp³-hybridized carbons (Fsp3) is 0.588. The summed E-state index contributed by atoms with van der Waals surface area (Å²) in [6.07, 6.45) is 1.15. The lowest BCUT2D eigenvalue weighted by Gasteiger charge is -2.26. The van der Waals surface area contributed by atoms with Gasteiger partial charge in [0, 0.05) is 32.6 Å². The molecule has 2 rings (SSSR count). The van der Waals surface area contributed by atoms with Crippen molar-refractivity contribution >= 4 is 11.6 Å². The summed E-state index contributed by atoms with van der Waals surface area (Å²) in [7, 11) is 0. The van der Waals surface area contributed by atoms with Gasteiger partial charge in [0.05, 0.1) is 25.5 Å². The molecule has 1 aromatic rings. The number of hydrogen-bond donors (Lipinski definition) is 2. The summed E-state index contributed by atoms with van der Waals surface area (Å²) in [5.74, 6) is 0.775. The Hall–Kier alpha value is -1.79. The Morgan fingerprint density at radius 1 is 1.39 bits per heavy atom. The molecule has 0 aromatic heterocycles. The lowest BCUT2D eigenvalue weighted by atomic mass is 10.1. The largest absolute Gasteiger partial charge is 0.492 e. The second kappa shape index (κ2) is 9.37. The van der Waals surface area contributed by atoms with Crippen LogP contribution in [0.25, 0.3) is 0 Å². The third-order valence-electron chi connectivity index (χ3n) is 3.87. The van der Waals surface area contributed by atoms with E-state index in [0.717, 1.165) is 38.4 Å². The van der Waals surface area contributed by atoms with Crippen molar-refractivity contribution < 1.29 is 14.3 Å². The van der Waals surface area contributed by atoms with Crippen molar-refractivity contribution in [3.8, 4) is 5.75 Å². The van der Waals surface area contributed by atoms with Crippen LogP contribution in [0.15, 0.2) is 18.2 Å². The number of nitrogens with two attached hydrogens (primary N) is 1. The maximum atomic E-state index is 11.9. The molecule has 0 bridgehead atoms. The van der Waals surface area contributed by atoms with Crippen LogP contribution in [-0.4, -0.2) is 56.8 Å². The van der Waals surface area contributed by atoms with Gasteiger partial charge in [-0.3, -0.25) is 9.69 Å². The molecule has 0 unspecified atom stereocenters. The standard InChI is InChI=1S/C17H27N3O3/c1-2-23-16-5-3-14(13-15(16)18)4-6-17(21)19-7-8-20-9-11-22-12-10-20/h3,5,13H,2,4,6-12,18H2,1H3,(H,19,21). The summed E-state index contributed by atoms with van der Waals surface area (Å²) in [5.41, 5.74) is 7.61. The molecule has 1 heterocycles. The highest BCUT2D eigenvalue weighted by Gasteiger charge is 2.10. The lowest BCUT2D eigenvalue weighted by molar-refractivity contribution is -0.121. The number of ether oxygens (including phenoxy) is 2. The number of aryl methyl sites for hydroxylation is 1. The first-order valence-corrected chi connectivity index (χ1v) is 8.27. The summed E-state index contributed by atoms with van der Waals surface area (Å²) in [4.78, 5) is 14.2. The van der Waals surface area contributed by atoms with E-state index in [1.165, 1.54) is 0 Å². The van der Waals surface area contributed by atoms with Gasteiger partial charge in [0.15, 0.2) is 0 Å². The van der Waals surface area contributed by atoms with Crippen LogP contribution >= 0.6 is 0 Å². The molecule has 3 N–H and O–H groups in total. The molecule has 0 spiro atoms. The number of nitrogens with zero attached hydrogens (tertiary/aromatic N) is 1. The van der Waals surface area contributed by atoms with Gasteiger partial charge >= 0.3 is 0 Å². The molecule has 1 amide bonds. The zero-order valence-corrected chi connectivity index (χ0v) is 13.8. The predicted octanol–water partition coefficient (Wildman–Crippen LogP) is 1.05. The maximum Gasteiger partial charge on any atom is 0.220 e. The number of rotatable bonds is 8. The Kier molecular flexibility index (Phi) is 7.16. The zero-order chi connectivity index (χ0) is 16.5. The summed E-state index contributed by atoms with van der Waals surface area (Å²) in [5, 5.41) is 2.97. The molecule has 1 aromatic carbocycles. The van der Waals surface area contributed by atoms with Crippen molar-refractivity contribution in [1.29, 1.82) is 0 Å². The van der Waals surface area contributed by atoms with Crippen LogP contribution in [0, 0.1) is 0 Å². The van der Waals surface area contributed by atoms with Crippen molar-refractivity contribution in [1.82, 2.24) is 10.2 Å². The molecule has 1 aliphatic heterocycles. The number of nitrogens with one attached hydrogen (secondary N) is 1. The average Bonchev–Trinajstić information content (AvgIpc) is 2.56. The molecule has 1 fully saturated rings. The fourth-order valence-electron chi connectivity index (χ4n) is 2.56. The second-order valence-electron chi connectivity index (χ2n) is 5.61. The Bertz CT molecular complexity index is 502. The number of anilines is 1. The topological polar surface area (TPSA) is 76.8 Å². The molecule has 0 aliphatic carbocycles. The van der Waals surface area contributed by atoms with Crippen molar-refractivity contribution in [3.05, 3.63) is 23.8 Å². The Morgan fingerprint density at radius 2 is 2.17 bits per heavy atom. The van der Waals surface area contributed by atoms with Crippen LogP contribution in [0.2, 0.25) is 0 Å². The van der Waals surface area contributed by atoms with Crippen molar-refractivity contribution in [2.24, 2.45) is 0 Å². The van der Waals surface area contributed by atoms with Gasteiger partial charge in [-0.1, -0.05) is 6.07 Å². The number of hydrogen-bond acceptors (Lipinski definition) is 5. The minimum Gasteiger partial charge on any atom is -0.492 e. The van der Waals surface area contributed by atoms with E-state index in [0.29, 0.717) is 37.4 Å². The third-order valence-corrected chi connectivity index (χ3v) is 3.87. The van der Waals surface area contributed by atoms with Gasteiger partial charge in [0.2, 0.25) is 5.91 Å². The zero-order valence-electron chi connectivity index (χ0n) is 13.8. The van der Waals surface area contributed by atoms with E-state index >= 15 is 0 Å². The van der Waals surface area contributed by atoms with Crippen LogP contribution in [0.3, 0.4) is 0 Å². The summed E-state index contributed by atoms with van der Waals surface area (Å²) >= 11 is 0. The van der Waals surface area contributed by atoms with Crippen LogP contribution in [0.4, 0.5) is 5.69 Å². The van der Waals surface area contributed by atoms with E-state index in [-0.39, 0.29) is 5.91 Å². The molecule has 6 heteroatoms. The smallest absolute Gasteiger partial charge is 0.220 e. The number of amides is 1. The first kappa shape index (κ1) is 17.6. The first-order chi connectivity index (χ1) is 11.2. The van der Waals surface area contributed by atoms with E-state index in [9.17, 15) is 4.79 Å². The summed E-state index contributed by atoms with van der Waals surface area (Å²) in [6, 6.07) is 5.71. The fourth-order valence-corrected chi connectivity index (χ4v) is 2.56. The van der Waals surface area contributed by atoms with Crippen LogP contribution in [-0.2, 0) is 16.0 Å².